The molecule has 2 amide bonds. The lowest BCUT2D eigenvalue weighted by atomic mass is 10.1. The number of hydrogen-bond donors (Lipinski definition) is 0. The number of nitrogens with zero attached hydrogens (tertiary/aromatic N) is 5. The van der Waals surface area contributed by atoms with Gasteiger partial charge in [-0.2, -0.15) is 5.11 Å². The summed E-state index contributed by atoms with van der Waals surface area (Å²) in [5.74, 6) is -0.473. The minimum Gasteiger partial charge on any atom is -0.441 e. The molecule has 0 bridgehead atoms. The molecule has 0 N–H and O–H groups in total. The number of halogens is 2. The first-order chi connectivity index (χ1) is 14.9. The van der Waals surface area contributed by atoms with E-state index in [-0.39, 0.29) is 6.54 Å². The highest BCUT2D eigenvalue weighted by Gasteiger charge is 2.54. The lowest BCUT2D eigenvalue weighted by Crippen LogP contribution is -2.39. The summed E-state index contributed by atoms with van der Waals surface area (Å²) >= 11 is 6.04. The van der Waals surface area contributed by atoms with Crippen LogP contribution >= 0.6 is 11.6 Å². The first kappa shape index (κ1) is 19.4. The van der Waals surface area contributed by atoms with E-state index in [4.69, 9.17) is 16.0 Å². The molecule has 3 aromatic rings. The summed E-state index contributed by atoms with van der Waals surface area (Å²) < 4.78 is 19.0. The lowest BCUT2D eigenvalue weighted by molar-refractivity contribution is -0.123. The first-order valence-electron chi connectivity index (χ1n) is 9.45. The van der Waals surface area contributed by atoms with E-state index in [9.17, 15) is 14.0 Å². The minimum atomic E-state index is -0.947. The molecule has 2 atom stereocenters. The van der Waals surface area contributed by atoms with Crippen LogP contribution in [0.15, 0.2) is 63.3 Å². The zero-order valence-electron chi connectivity index (χ0n) is 16.2. The second kappa shape index (κ2) is 7.28. The highest BCUT2D eigenvalue weighted by atomic mass is 35.5. The number of carbonyl (C=O) groups excluding carboxylic acids is 2. The third-order valence-corrected chi connectivity index (χ3v) is 5.45. The van der Waals surface area contributed by atoms with Crippen molar-refractivity contribution >= 4 is 29.1 Å². The zero-order chi connectivity index (χ0) is 21.7. The van der Waals surface area contributed by atoms with E-state index in [2.05, 4.69) is 15.3 Å². The molecule has 8 nitrogen and oxygen atoms in total. The van der Waals surface area contributed by atoms with Crippen molar-refractivity contribution in [1.29, 1.82) is 0 Å². The van der Waals surface area contributed by atoms with Crippen molar-refractivity contribution in [3.05, 3.63) is 70.8 Å². The van der Waals surface area contributed by atoms with Crippen molar-refractivity contribution in [2.75, 3.05) is 4.90 Å². The Morgan fingerprint density at radius 1 is 1.13 bits per heavy atom. The van der Waals surface area contributed by atoms with E-state index in [0.29, 0.717) is 28.1 Å². The van der Waals surface area contributed by atoms with Crippen molar-refractivity contribution in [2.24, 2.45) is 10.3 Å². The summed E-state index contributed by atoms with van der Waals surface area (Å²) in [4.78, 5) is 31.3. The van der Waals surface area contributed by atoms with Crippen LogP contribution in [0.25, 0.3) is 11.5 Å². The standard InChI is InChI=1S/C21H15ClFN5O3/c1-11-16(24-19(31-11)12-3-2-4-13(22)9-12)10-27-18-17(25-26-27)20(29)28(21(18)30)15-7-5-14(23)6-8-15/h2-9,17-18H,10H2,1H3/t17-,18-/m1/s1. The first-order valence-corrected chi connectivity index (χ1v) is 9.83. The fourth-order valence-electron chi connectivity index (χ4n) is 3.67. The number of oxazole rings is 1. The smallest absolute Gasteiger partial charge is 0.263 e. The molecule has 2 aliphatic heterocycles. The summed E-state index contributed by atoms with van der Waals surface area (Å²) in [6.07, 6.45) is 0. The molecule has 1 aromatic heterocycles. The summed E-state index contributed by atoms with van der Waals surface area (Å²) in [7, 11) is 0. The van der Waals surface area contributed by atoms with Crippen LogP contribution in [-0.4, -0.2) is 33.9 Å². The van der Waals surface area contributed by atoms with Gasteiger partial charge in [0.15, 0.2) is 12.1 Å². The monoisotopic (exact) mass is 439 g/mol. The quantitative estimate of drug-likeness (QED) is 0.574. The molecule has 3 heterocycles. The summed E-state index contributed by atoms with van der Waals surface area (Å²) in [5.41, 5.74) is 1.58. The third-order valence-electron chi connectivity index (χ3n) is 5.22. The van der Waals surface area contributed by atoms with Gasteiger partial charge in [0, 0.05) is 10.6 Å². The van der Waals surface area contributed by atoms with Gasteiger partial charge >= 0.3 is 0 Å². The van der Waals surface area contributed by atoms with E-state index in [1.165, 1.54) is 29.3 Å². The maximum absolute atomic E-state index is 13.2. The van der Waals surface area contributed by atoms with Crippen molar-refractivity contribution in [3.8, 4) is 11.5 Å². The molecule has 2 aromatic carbocycles. The fraction of sp³-hybridized carbons (Fsp3) is 0.190. The van der Waals surface area contributed by atoms with Crippen LogP contribution in [0.4, 0.5) is 10.1 Å². The molecule has 156 valence electrons. The molecule has 2 aliphatic rings. The number of imide groups is 1. The Labute approximate surface area is 180 Å². The predicted molar refractivity (Wildman–Crippen MR) is 109 cm³/mol. The molecule has 0 spiro atoms. The Balaban J connectivity index is 1.40. The maximum atomic E-state index is 13.2. The SMILES string of the molecule is Cc1oc(-c2cccc(Cl)c2)nc1CN1N=N[C@H]2C(=O)N(c3ccc(F)cc3)C(=O)[C@@H]21. The van der Waals surface area contributed by atoms with Gasteiger partial charge in [0.1, 0.15) is 17.3 Å². The molecule has 31 heavy (non-hydrogen) atoms. The van der Waals surface area contributed by atoms with Gasteiger partial charge in [-0.1, -0.05) is 22.9 Å². The maximum Gasteiger partial charge on any atom is 0.263 e. The molecule has 0 radical (unpaired) electrons. The van der Waals surface area contributed by atoms with Gasteiger partial charge in [0.2, 0.25) is 5.89 Å². The number of benzene rings is 2. The van der Waals surface area contributed by atoms with Crippen LogP contribution in [0.1, 0.15) is 11.5 Å². The molecule has 0 aliphatic carbocycles. The average Bonchev–Trinajstić information content (AvgIpc) is 3.40. The summed E-state index contributed by atoms with van der Waals surface area (Å²) in [6, 6.07) is 10.4. The third kappa shape index (κ3) is 3.27. The van der Waals surface area contributed by atoms with E-state index >= 15 is 0 Å². The topological polar surface area (TPSA) is 91.4 Å². The van der Waals surface area contributed by atoms with Crippen LogP contribution in [0.3, 0.4) is 0 Å². The summed E-state index contributed by atoms with van der Waals surface area (Å²) in [6.45, 7) is 1.89. The normalized spacial score (nSPS) is 20.1. The van der Waals surface area contributed by atoms with Crippen LogP contribution < -0.4 is 4.90 Å². The number of aryl methyl sites for hydroxylation is 1. The molecule has 1 saturated heterocycles. The summed E-state index contributed by atoms with van der Waals surface area (Å²) in [5, 5.41) is 10.0. The number of anilines is 1. The van der Waals surface area contributed by atoms with Gasteiger partial charge in [-0.25, -0.2) is 14.3 Å². The van der Waals surface area contributed by atoms with Gasteiger partial charge in [0.25, 0.3) is 11.8 Å². The van der Waals surface area contributed by atoms with Crippen molar-refractivity contribution in [2.45, 2.75) is 25.6 Å². The van der Waals surface area contributed by atoms with Gasteiger partial charge < -0.3 is 4.42 Å². The molecule has 1 fully saturated rings. The number of rotatable bonds is 4. The fourth-order valence-corrected chi connectivity index (χ4v) is 3.86. The zero-order valence-corrected chi connectivity index (χ0v) is 17.0. The van der Waals surface area contributed by atoms with E-state index in [1.807, 2.05) is 6.07 Å². The molecular formula is C21H15ClFN5O3. The van der Waals surface area contributed by atoms with Crippen LogP contribution in [0.2, 0.25) is 5.02 Å². The molecule has 0 saturated carbocycles. The Kier molecular flexibility index (Phi) is 4.55. The van der Waals surface area contributed by atoms with Crippen molar-refractivity contribution in [3.63, 3.8) is 0 Å². The Morgan fingerprint density at radius 3 is 2.65 bits per heavy atom. The van der Waals surface area contributed by atoms with Gasteiger partial charge in [-0.05, 0) is 49.4 Å². The number of aromatic nitrogens is 1. The Hall–Kier alpha value is -3.59. The van der Waals surface area contributed by atoms with Gasteiger partial charge in [-0.15, -0.1) is 0 Å². The second-order valence-corrected chi connectivity index (χ2v) is 7.65. The highest BCUT2D eigenvalue weighted by Crippen LogP contribution is 2.33. The van der Waals surface area contributed by atoms with Gasteiger partial charge in [0.05, 0.1) is 12.2 Å². The molecule has 10 heteroatoms. The van der Waals surface area contributed by atoms with E-state index < -0.39 is 29.7 Å². The van der Waals surface area contributed by atoms with Crippen molar-refractivity contribution in [1.82, 2.24) is 9.99 Å². The number of carbonyl (C=O) groups is 2. The molecule has 0 unspecified atom stereocenters. The minimum absolute atomic E-state index is 0.136. The van der Waals surface area contributed by atoms with Gasteiger partial charge in [-0.3, -0.25) is 14.6 Å². The number of hydrogen-bond acceptors (Lipinski definition) is 7. The lowest BCUT2D eigenvalue weighted by Gasteiger charge is -2.19. The Morgan fingerprint density at radius 2 is 1.90 bits per heavy atom. The largest absolute Gasteiger partial charge is 0.441 e. The second-order valence-electron chi connectivity index (χ2n) is 7.21. The van der Waals surface area contributed by atoms with E-state index in [1.54, 1.807) is 25.1 Å². The van der Waals surface area contributed by atoms with Crippen LogP contribution in [-0.2, 0) is 16.1 Å². The molecule has 5 rings (SSSR count). The van der Waals surface area contributed by atoms with Crippen LogP contribution in [0, 0.1) is 12.7 Å². The number of amides is 2. The predicted octanol–water partition coefficient (Wildman–Crippen LogP) is 3.94. The number of fused-ring (bicyclic) bond motifs is 1. The Bertz CT molecular complexity index is 1230. The average molecular weight is 440 g/mol. The van der Waals surface area contributed by atoms with Crippen molar-refractivity contribution < 1.29 is 18.4 Å². The highest BCUT2D eigenvalue weighted by molar-refractivity contribution is 6.30. The molecular weight excluding hydrogens is 425 g/mol. The van der Waals surface area contributed by atoms with E-state index in [0.717, 1.165) is 10.5 Å². The van der Waals surface area contributed by atoms with Crippen LogP contribution in [0.5, 0.6) is 0 Å².